The minimum absolute atomic E-state index is 0.245. The molecule has 2 heterocycles. The van der Waals surface area contributed by atoms with Crippen molar-refractivity contribution in [2.45, 2.75) is 45.0 Å². The summed E-state index contributed by atoms with van der Waals surface area (Å²) in [6.45, 7) is 3.54. The van der Waals surface area contributed by atoms with Crippen LogP contribution in [0.4, 0.5) is 13.2 Å². The Morgan fingerprint density at radius 1 is 0.975 bits per heavy atom. The number of halogens is 3. The summed E-state index contributed by atoms with van der Waals surface area (Å²) in [7, 11) is 0. The number of carboxylic acid groups (broad SMARTS) is 1. The molecule has 0 aliphatic rings. The van der Waals surface area contributed by atoms with Gasteiger partial charge in [0.2, 0.25) is 0 Å². The molecule has 5 nitrogen and oxygen atoms in total. The molecular formula is C31H27F3N2O3S. The van der Waals surface area contributed by atoms with Gasteiger partial charge in [-0.1, -0.05) is 42.5 Å². The van der Waals surface area contributed by atoms with Crippen LogP contribution in [0.2, 0.25) is 0 Å². The van der Waals surface area contributed by atoms with Gasteiger partial charge in [-0.2, -0.15) is 13.2 Å². The van der Waals surface area contributed by atoms with Gasteiger partial charge in [0, 0.05) is 22.7 Å². The molecule has 9 heteroatoms. The molecule has 206 valence electrons. The molecule has 40 heavy (non-hydrogen) atoms. The van der Waals surface area contributed by atoms with E-state index in [-0.39, 0.29) is 6.61 Å². The smallest absolute Gasteiger partial charge is 0.416 e. The lowest BCUT2D eigenvalue weighted by molar-refractivity contribution is -0.145. The van der Waals surface area contributed by atoms with Gasteiger partial charge in [-0.3, -0.25) is 0 Å². The van der Waals surface area contributed by atoms with Crippen LogP contribution in [0.3, 0.4) is 0 Å². The average Bonchev–Trinajstić information content (AvgIpc) is 3.55. The first-order valence-electron chi connectivity index (χ1n) is 12.7. The molecule has 0 bridgehead atoms. The molecular weight excluding hydrogens is 537 g/mol. The molecule has 0 saturated carbocycles. The van der Waals surface area contributed by atoms with Crippen molar-refractivity contribution in [2.24, 2.45) is 0 Å². The van der Waals surface area contributed by atoms with Crippen molar-refractivity contribution < 1.29 is 27.8 Å². The molecule has 2 aromatic heterocycles. The highest BCUT2D eigenvalue weighted by molar-refractivity contribution is 7.15. The van der Waals surface area contributed by atoms with Crippen LogP contribution in [0.15, 0.2) is 85.1 Å². The number of thiazole rings is 1. The molecule has 0 aliphatic carbocycles. The first-order chi connectivity index (χ1) is 19.0. The topological polar surface area (TPSA) is 64.3 Å². The Hall–Kier alpha value is -4.11. The second kappa shape index (κ2) is 10.8. The number of aryl methyl sites for hydroxylation is 2. The summed E-state index contributed by atoms with van der Waals surface area (Å²) in [6, 6.07) is 22.4. The fourth-order valence-corrected chi connectivity index (χ4v) is 5.50. The van der Waals surface area contributed by atoms with Crippen LogP contribution in [0.5, 0.6) is 5.75 Å². The zero-order valence-electron chi connectivity index (χ0n) is 21.9. The van der Waals surface area contributed by atoms with Crippen molar-refractivity contribution in [2.75, 3.05) is 0 Å². The summed E-state index contributed by atoms with van der Waals surface area (Å²) in [5, 5.41) is 11.1. The van der Waals surface area contributed by atoms with Gasteiger partial charge in [0.25, 0.3) is 0 Å². The van der Waals surface area contributed by atoms with Crippen LogP contribution in [0, 0.1) is 0 Å². The normalized spacial score (nSPS) is 12.1. The number of rotatable bonds is 9. The summed E-state index contributed by atoms with van der Waals surface area (Å²) >= 11 is 1.41. The first-order valence-corrected chi connectivity index (χ1v) is 13.5. The summed E-state index contributed by atoms with van der Waals surface area (Å²) in [5.74, 6) is -0.306. The molecule has 0 unspecified atom stereocenters. The van der Waals surface area contributed by atoms with Crippen molar-refractivity contribution in [3.8, 4) is 16.3 Å². The van der Waals surface area contributed by atoms with E-state index in [0.717, 1.165) is 45.6 Å². The third-order valence-electron chi connectivity index (χ3n) is 6.89. The molecule has 0 spiro atoms. The van der Waals surface area contributed by atoms with E-state index in [1.165, 1.54) is 23.5 Å². The Bertz CT molecular complexity index is 1640. The number of hydrogen-bond donors (Lipinski definition) is 1. The number of alkyl halides is 3. The third-order valence-corrected chi connectivity index (χ3v) is 8.01. The Morgan fingerprint density at radius 3 is 2.38 bits per heavy atom. The minimum atomic E-state index is -4.40. The predicted octanol–water partition coefficient (Wildman–Crippen LogP) is 7.97. The van der Waals surface area contributed by atoms with Crippen molar-refractivity contribution in [3.05, 3.63) is 107 Å². The van der Waals surface area contributed by atoms with Crippen LogP contribution in [0.25, 0.3) is 21.5 Å². The van der Waals surface area contributed by atoms with Gasteiger partial charge in [-0.05, 0) is 68.7 Å². The molecule has 0 fully saturated rings. The van der Waals surface area contributed by atoms with Crippen molar-refractivity contribution in [1.82, 2.24) is 9.55 Å². The first kappa shape index (κ1) is 27.5. The quantitative estimate of drug-likeness (QED) is 0.197. The predicted molar refractivity (Wildman–Crippen MR) is 150 cm³/mol. The van der Waals surface area contributed by atoms with Crippen LogP contribution in [-0.4, -0.2) is 20.6 Å². The van der Waals surface area contributed by atoms with Gasteiger partial charge in [0.1, 0.15) is 22.9 Å². The highest BCUT2D eigenvalue weighted by Crippen LogP contribution is 2.34. The molecule has 5 rings (SSSR count). The lowest BCUT2D eigenvalue weighted by atomic mass is 10.1. The lowest BCUT2D eigenvalue weighted by Crippen LogP contribution is -2.34. The maximum absolute atomic E-state index is 13.0. The van der Waals surface area contributed by atoms with Gasteiger partial charge in [0.05, 0.1) is 16.1 Å². The summed E-state index contributed by atoms with van der Waals surface area (Å²) in [6.07, 6.45) is -1.22. The lowest BCUT2D eigenvalue weighted by Gasteiger charge is -2.23. The average molecular weight is 565 g/mol. The van der Waals surface area contributed by atoms with E-state index in [1.807, 2.05) is 48.5 Å². The summed E-state index contributed by atoms with van der Waals surface area (Å²) in [5.41, 5.74) is 1.61. The highest BCUT2D eigenvalue weighted by atomic mass is 32.1. The highest BCUT2D eigenvalue weighted by Gasteiger charge is 2.31. The van der Waals surface area contributed by atoms with Crippen LogP contribution < -0.4 is 4.74 Å². The third kappa shape index (κ3) is 5.74. The number of carbonyl (C=O) groups is 1. The summed E-state index contributed by atoms with van der Waals surface area (Å²) < 4.78 is 47.0. The Balaban J connectivity index is 1.39. The van der Waals surface area contributed by atoms with Crippen LogP contribution in [0.1, 0.15) is 35.5 Å². The fourth-order valence-electron chi connectivity index (χ4n) is 4.47. The SMILES string of the molecule is CC(C)(C(=O)O)n1ccc2cc(OCc3sc(-c4ccc(C(F)(F)F)cc4)nc3CCc3ccccc3)ccc21. The second-order valence-corrected chi connectivity index (χ2v) is 11.1. The van der Waals surface area contributed by atoms with E-state index in [4.69, 9.17) is 9.72 Å². The van der Waals surface area contributed by atoms with E-state index in [9.17, 15) is 23.1 Å². The number of fused-ring (bicyclic) bond motifs is 1. The van der Waals surface area contributed by atoms with E-state index in [2.05, 4.69) is 0 Å². The second-order valence-electron chi connectivity index (χ2n) is 10.0. The van der Waals surface area contributed by atoms with E-state index in [0.29, 0.717) is 22.7 Å². The van der Waals surface area contributed by atoms with E-state index in [1.54, 1.807) is 30.7 Å². The number of hydrogen-bond acceptors (Lipinski definition) is 4. The molecule has 0 atom stereocenters. The van der Waals surface area contributed by atoms with Crippen molar-refractivity contribution in [1.29, 1.82) is 0 Å². The van der Waals surface area contributed by atoms with Crippen molar-refractivity contribution in [3.63, 3.8) is 0 Å². The Morgan fingerprint density at radius 2 is 1.70 bits per heavy atom. The Labute approximate surface area is 233 Å². The van der Waals surface area contributed by atoms with Gasteiger partial charge in [-0.25, -0.2) is 9.78 Å². The van der Waals surface area contributed by atoms with Crippen LogP contribution in [-0.2, 0) is 36.0 Å². The number of ether oxygens (including phenoxy) is 1. The number of carboxylic acids is 1. The molecule has 5 aromatic rings. The van der Waals surface area contributed by atoms with Gasteiger partial charge in [-0.15, -0.1) is 11.3 Å². The van der Waals surface area contributed by atoms with E-state index < -0.39 is 23.2 Å². The molecule has 0 aliphatic heterocycles. The molecule has 1 N–H and O–H groups in total. The monoisotopic (exact) mass is 564 g/mol. The van der Waals surface area contributed by atoms with Gasteiger partial charge < -0.3 is 14.4 Å². The maximum atomic E-state index is 13.0. The van der Waals surface area contributed by atoms with E-state index >= 15 is 0 Å². The largest absolute Gasteiger partial charge is 0.488 e. The Kier molecular flexibility index (Phi) is 7.42. The fraction of sp³-hybridized carbons (Fsp3) is 0.226. The number of aliphatic carboxylic acids is 1. The number of benzene rings is 3. The van der Waals surface area contributed by atoms with Crippen molar-refractivity contribution >= 4 is 28.2 Å². The molecule has 0 radical (unpaired) electrons. The standard InChI is InChI=1S/C31H27F3N2O3S/c1-30(2,29(37)38)36-17-16-22-18-24(13-15-26(22)36)39-19-27-25(14-8-20-6-4-3-5-7-20)35-28(40-27)21-9-11-23(12-10-21)31(32,33)34/h3-7,9-13,15-18H,8,14,19H2,1-2H3,(H,37,38). The zero-order valence-corrected chi connectivity index (χ0v) is 22.7. The molecule has 0 saturated heterocycles. The van der Waals surface area contributed by atoms with Gasteiger partial charge in [0.15, 0.2) is 0 Å². The zero-order chi connectivity index (χ0) is 28.5. The van der Waals surface area contributed by atoms with Crippen LogP contribution >= 0.6 is 11.3 Å². The molecule has 0 amide bonds. The van der Waals surface area contributed by atoms with Gasteiger partial charge >= 0.3 is 12.1 Å². The maximum Gasteiger partial charge on any atom is 0.416 e. The number of nitrogens with zero attached hydrogens (tertiary/aromatic N) is 2. The number of aromatic nitrogens is 2. The molecule has 3 aromatic carbocycles. The minimum Gasteiger partial charge on any atom is -0.488 e. The summed E-state index contributed by atoms with van der Waals surface area (Å²) in [4.78, 5) is 17.4.